The Balaban J connectivity index is 1.73. The first-order valence-corrected chi connectivity index (χ1v) is 11.0. The Labute approximate surface area is 151 Å². The second-order valence-corrected chi connectivity index (χ2v) is 9.79. The van der Waals surface area contributed by atoms with Gasteiger partial charge in [0.25, 0.3) is 5.91 Å². The number of aromatic nitrogens is 1. The van der Waals surface area contributed by atoms with Gasteiger partial charge in [0.1, 0.15) is 26.2 Å². The summed E-state index contributed by atoms with van der Waals surface area (Å²) in [5.74, 6) is -0.0445. The number of hydrogen-bond donors (Lipinski definition) is 3. The van der Waals surface area contributed by atoms with Crippen molar-refractivity contribution in [2.24, 2.45) is 0 Å². The van der Waals surface area contributed by atoms with Crippen LogP contribution in [0.3, 0.4) is 0 Å². The fourth-order valence-corrected chi connectivity index (χ4v) is 4.65. The second-order valence-electron chi connectivity index (χ2n) is 6.75. The monoisotopic (exact) mass is 384 g/mol. The summed E-state index contributed by atoms with van der Waals surface area (Å²) in [5, 5.41) is 3.40. The maximum atomic E-state index is 12.5. The van der Waals surface area contributed by atoms with Crippen LogP contribution in [0.5, 0.6) is 0 Å². The van der Waals surface area contributed by atoms with Gasteiger partial charge in [-0.15, -0.1) is 0 Å². The summed E-state index contributed by atoms with van der Waals surface area (Å²) in [7, 11) is -1.08. The Bertz CT molecular complexity index is 886. The molecule has 1 aliphatic heterocycles. The predicted molar refractivity (Wildman–Crippen MR) is 98.1 cm³/mol. The molecule has 1 aromatic heterocycles. The molecule has 2 heterocycles. The Hall–Kier alpha value is -1.55. The standard InChI is InChI=1S/C16H22N4O3S2/c1-11(20-8-6-19(2)7-9-20)15(21)18-16-17-13-5-4-12(25(3,22)23)10-14(13)24-16/h4-5,10-11H,6-9H2,1-3H3,(H,17,18,21)/p+2/t11-/m1/s1. The fourth-order valence-electron chi connectivity index (χ4n) is 3.02. The van der Waals surface area contributed by atoms with E-state index in [1.54, 1.807) is 18.2 Å². The summed E-state index contributed by atoms with van der Waals surface area (Å²) >= 11 is 1.30. The maximum absolute atomic E-state index is 12.5. The molecule has 9 heteroatoms. The van der Waals surface area contributed by atoms with Gasteiger partial charge in [-0.2, -0.15) is 0 Å². The van der Waals surface area contributed by atoms with E-state index >= 15 is 0 Å². The summed E-state index contributed by atoms with van der Waals surface area (Å²) < 4.78 is 24.1. The van der Waals surface area contributed by atoms with E-state index in [1.165, 1.54) is 27.4 Å². The number of nitrogens with zero attached hydrogens (tertiary/aromatic N) is 1. The molecule has 1 fully saturated rings. The molecule has 0 aliphatic carbocycles. The van der Waals surface area contributed by atoms with Crippen molar-refractivity contribution >= 4 is 42.4 Å². The van der Waals surface area contributed by atoms with Gasteiger partial charge in [0.05, 0.1) is 22.2 Å². The molecule has 7 nitrogen and oxygen atoms in total. The zero-order chi connectivity index (χ0) is 18.2. The van der Waals surface area contributed by atoms with Gasteiger partial charge in [0.2, 0.25) is 0 Å². The average molecular weight is 385 g/mol. The number of rotatable bonds is 4. The molecule has 1 atom stereocenters. The molecule has 1 amide bonds. The van der Waals surface area contributed by atoms with Crippen LogP contribution in [0.25, 0.3) is 10.2 Å². The minimum atomic E-state index is -3.25. The molecule has 0 unspecified atom stereocenters. The maximum Gasteiger partial charge on any atom is 0.284 e. The molecule has 2 aromatic rings. The third-order valence-electron chi connectivity index (χ3n) is 4.77. The van der Waals surface area contributed by atoms with Crippen molar-refractivity contribution in [1.29, 1.82) is 0 Å². The molecule has 1 aliphatic rings. The number of nitrogens with one attached hydrogen (secondary N) is 3. The van der Waals surface area contributed by atoms with Crippen molar-refractivity contribution in [2.75, 3.05) is 44.8 Å². The van der Waals surface area contributed by atoms with Crippen molar-refractivity contribution < 1.29 is 23.0 Å². The van der Waals surface area contributed by atoms with Gasteiger partial charge < -0.3 is 9.80 Å². The van der Waals surface area contributed by atoms with Crippen LogP contribution in [-0.4, -0.2) is 64.8 Å². The van der Waals surface area contributed by atoms with E-state index in [1.807, 2.05) is 6.92 Å². The van der Waals surface area contributed by atoms with Crippen LogP contribution in [0.4, 0.5) is 5.13 Å². The van der Waals surface area contributed by atoms with E-state index in [0.29, 0.717) is 10.6 Å². The van der Waals surface area contributed by atoms with E-state index in [-0.39, 0.29) is 16.8 Å². The second kappa shape index (κ2) is 6.99. The largest absolute Gasteiger partial charge is 0.328 e. The molecule has 0 spiro atoms. The van der Waals surface area contributed by atoms with Crippen LogP contribution < -0.4 is 15.1 Å². The first kappa shape index (κ1) is 18.2. The summed E-state index contributed by atoms with van der Waals surface area (Å²) in [6.07, 6.45) is 1.18. The number of thiazole rings is 1. The Morgan fingerprint density at radius 3 is 2.60 bits per heavy atom. The normalized spacial score (nSPS) is 22.7. The SMILES string of the molecule is C[C@H](C(=O)Nc1nc2ccc(S(C)(=O)=O)cc2s1)[NH+]1CC[NH+](C)CC1. The summed E-state index contributed by atoms with van der Waals surface area (Å²) in [5.41, 5.74) is 0.691. The molecule has 1 saturated heterocycles. The van der Waals surface area contributed by atoms with Crippen molar-refractivity contribution in [3.8, 4) is 0 Å². The zero-order valence-electron chi connectivity index (χ0n) is 14.6. The molecule has 25 heavy (non-hydrogen) atoms. The number of likely N-dealkylation sites (N-methyl/N-ethyl adjacent to an activating group) is 1. The highest BCUT2D eigenvalue weighted by atomic mass is 32.2. The summed E-state index contributed by atoms with van der Waals surface area (Å²) in [6.45, 7) is 6.06. The molecule has 3 N–H and O–H groups in total. The van der Waals surface area contributed by atoms with Gasteiger partial charge in [-0.05, 0) is 25.1 Å². The molecular formula is C16H24N4O3S2+2. The van der Waals surface area contributed by atoms with Crippen LogP contribution in [-0.2, 0) is 14.6 Å². The number of amides is 1. The van der Waals surface area contributed by atoms with Crippen LogP contribution >= 0.6 is 11.3 Å². The van der Waals surface area contributed by atoms with Crippen LogP contribution in [0.15, 0.2) is 23.1 Å². The van der Waals surface area contributed by atoms with Gasteiger partial charge >= 0.3 is 0 Å². The number of anilines is 1. The van der Waals surface area contributed by atoms with Gasteiger partial charge in [-0.1, -0.05) is 11.3 Å². The lowest BCUT2D eigenvalue weighted by molar-refractivity contribution is -1.01. The number of hydrogen-bond acceptors (Lipinski definition) is 5. The van der Waals surface area contributed by atoms with Crippen molar-refractivity contribution in [1.82, 2.24) is 4.98 Å². The Morgan fingerprint density at radius 1 is 1.28 bits per heavy atom. The van der Waals surface area contributed by atoms with Gasteiger partial charge in [0.15, 0.2) is 21.0 Å². The topological polar surface area (TPSA) is 85.0 Å². The molecule has 0 bridgehead atoms. The van der Waals surface area contributed by atoms with Crippen LogP contribution in [0, 0.1) is 0 Å². The number of piperazine rings is 1. The Morgan fingerprint density at radius 2 is 1.96 bits per heavy atom. The van der Waals surface area contributed by atoms with E-state index < -0.39 is 9.84 Å². The van der Waals surface area contributed by atoms with Crippen LogP contribution in [0.2, 0.25) is 0 Å². The fraction of sp³-hybridized carbons (Fsp3) is 0.500. The van der Waals surface area contributed by atoms with Gasteiger partial charge in [-0.3, -0.25) is 10.1 Å². The van der Waals surface area contributed by atoms with E-state index in [9.17, 15) is 13.2 Å². The minimum Gasteiger partial charge on any atom is -0.328 e. The van der Waals surface area contributed by atoms with E-state index in [2.05, 4.69) is 17.3 Å². The van der Waals surface area contributed by atoms with Gasteiger partial charge in [0, 0.05) is 6.26 Å². The lowest BCUT2D eigenvalue weighted by Gasteiger charge is -2.30. The first-order chi connectivity index (χ1) is 11.7. The summed E-state index contributed by atoms with van der Waals surface area (Å²) in [4.78, 5) is 20.0. The first-order valence-electron chi connectivity index (χ1n) is 8.31. The third kappa shape index (κ3) is 4.17. The lowest BCUT2D eigenvalue weighted by Crippen LogP contribution is -3.29. The highest BCUT2D eigenvalue weighted by molar-refractivity contribution is 7.90. The number of carbonyl (C=O) groups is 1. The molecule has 136 valence electrons. The minimum absolute atomic E-state index is 0.0445. The smallest absolute Gasteiger partial charge is 0.284 e. The quantitative estimate of drug-likeness (QED) is 0.595. The number of fused-ring (bicyclic) bond motifs is 1. The highest BCUT2D eigenvalue weighted by Crippen LogP contribution is 2.28. The highest BCUT2D eigenvalue weighted by Gasteiger charge is 2.30. The number of quaternary nitrogens is 2. The zero-order valence-corrected chi connectivity index (χ0v) is 16.3. The lowest BCUT2D eigenvalue weighted by atomic mass is 10.2. The van der Waals surface area contributed by atoms with Crippen molar-refractivity contribution in [2.45, 2.75) is 17.9 Å². The van der Waals surface area contributed by atoms with E-state index in [4.69, 9.17) is 0 Å². The third-order valence-corrected chi connectivity index (χ3v) is 6.81. The van der Waals surface area contributed by atoms with Crippen LogP contribution in [0.1, 0.15) is 6.92 Å². The van der Waals surface area contributed by atoms with Gasteiger partial charge in [-0.25, -0.2) is 13.4 Å². The molecular weight excluding hydrogens is 360 g/mol. The average Bonchev–Trinajstić information content (AvgIpc) is 2.95. The number of sulfone groups is 1. The molecule has 0 radical (unpaired) electrons. The predicted octanol–water partition coefficient (Wildman–Crippen LogP) is -1.56. The van der Waals surface area contributed by atoms with Crippen molar-refractivity contribution in [3.63, 3.8) is 0 Å². The molecule has 3 rings (SSSR count). The number of benzene rings is 1. The van der Waals surface area contributed by atoms with E-state index in [0.717, 1.165) is 30.9 Å². The molecule has 0 saturated carbocycles. The molecule has 1 aromatic carbocycles. The summed E-state index contributed by atoms with van der Waals surface area (Å²) in [6, 6.07) is 4.69. The Kier molecular flexibility index (Phi) is 5.10. The number of carbonyl (C=O) groups excluding carboxylic acids is 1. The van der Waals surface area contributed by atoms with Crippen molar-refractivity contribution in [3.05, 3.63) is 18.2 Å².